The normalized spacial score (nSPS) is 9.77. The summed E-state index contributed by atoms with van der Waals surface area (Å²) in [5.74, 6) is -3.46. The molecule has 0 saturated carbocycles. The molecule has 0 heterocycles. The first-order valence-electron chi connectivity index (χ1n) is 3.52. The lowest BCUT2D eigenvalue weighted by atomic mass is 10.1. The maximum Gasteiger partial charge on any atom is 0.231 e. The van der Waals surface area contributed by atoms with E-state index in [-0.39, 0.29) is 0 Å². The van der Waals surface area contributed by atoms with Crippen LogP contribution in [0.2, 0.25) is 0 Å². The number of halogens is 2. The van der Waals surface area contributed by atoms with Gasteiger partial charge in [0.2, 0.25) is 5.78 Å². The van der Waals surface area contributed by atoms with Gasteiger partial charge in [0.25, 0.3) is 0 Å². The largest absolute Gasteiger partial charge is 0.291 e. The number of rotatable bonds is 2. The molecule has 13 heavy (non-hydrogen) atoms. The third kappa shape index (κ3) is 1.96. The minimum Gasteiger partial charge on any atom is -0.291 e. The van der Waals surface area contributed by atoms with Gasteiger partial charge in [0, 0.05) is 6.92 Å². The number of Topliss-reactive ketones (excluding diaryl/α,β-unsaturated/α-hetero) is 2. The Balaban J connectivity index is 3.21. The van der Waals surface area contributed by atoms with E-state index in [1.54, 1.807) is 0 Å². The molecule has 0 aliphatic heterocycles. The fraction of sp³-hybridized carbons (Fsp3) is 0.111. The molecule has 0 N–H and O–H groups in total. The Labute approximate surface area is 73.2 Å². The van der Waals surface area contributed by atoms with Crippen LogP contribution in [0, 0.1) is 11.6 Å². The van der Waals surface area contributed by atoms with Gasteiger partial charge >= 0.3 is 0 Å². The highest BCUT2D eigenvalue weighted by Crippen LogP contribution is 2.10. The van der Waals surface area contributed by atoms with Gasteiger partial charge in [-0.1, -0.05) is 0 Å². The molecule has 0 radical (unpaired) electrons. The average molecular weight is 184 g/mol. The van der Waals surface area contributed by atoms with Gasteiger partial charge in [-0.3, -0.25) is 9.59 Å². The fourth-order valence-corrected chi connectivity index (χ4v) is 0.861. The first-order chi connectivity index (χ1) is 6.02. The highest BCUT2D eigenvalue weighted by atomic mass is 19.1. The van der Waals surface area contributed by atoms with Crippen molar-refractivity contribution < 1.29 is 18.4 Å². The summed E-state index contributed by atoms with van der Waals surface area (Å²) in [7, 11) is 0. The predicted molar refractivity (Wildman–Crippen MR) is 41.4 cm³/mol. The fourth-order valence-electron chi connectivity index (χ4n) is 0.861. The Kier molecular flexibility index (Phi) is 2.51. The van der Waals surface area contributed by atoms with E-state index in [9.17, 15) is 18.4 Å². The molecule has 0 saturated heterocycles. The molecule has 0 atom stereocenters. The van der Waals surface area contributed by atoms with Crippen molar-refractivity contribution in [1.82, 2.24) is 0 Å². The van der Waals surface area contributed by atoms with E-state index in [0.717, 1.165) is 19.1 Å². The lowest BCUT2D eigenvalue weighted by Gasteiger charge is -1.98. The van der Waals surface area contributed by atoms with Crippen molar-refractivity contribution in [3.63, 3.8) is 0 Å². The third-order valence-corrected chi connectivity index (χ3v) is 1.49. The van der Waals surface area contributed by atoms with Gasteiger partial charge in [0.15, 0.2) is 5.78 Å². The molecule has 68 valence electrons. The first-order valence-corrected chi connectivity index (χ1v) is 3.52. The zero-order valence-corrected chi connectivity index (χ0v) is 6.80. The Bertz CT molecular complexity index is 372. The van der Waals surface area contributed by atoms with Crippen LogP contribution in [0.15, 0.2) is 18.2 Å². The quantitative estimate of drug-likeness (QED) is 0.518. The van der Waals surface area contributed by atoms with Crippen molar-refractivity contribution >= 4 is 11.6 Å². The van der Waals surface area contributed by atoms with E-state index in [0.29, 0.717) is 6.07 Å². The molecular weight excluding hydrogens is 178 g/mol. The Hall–Kier alpha value is -1.58. The molecule has 0 spiro atoms. The molecule has 0 bridgehead atoms. The molecule has 4 heteroatoms. The van der Waals surface area contributed by atoms with Gasteiger partial charge in [0.05, 0.1) is 5.56 Å². The van der Waals surface area contributed by atoms with Crippen LogP contribution in [0.3, 0.4) is 0 Å². The zero-order valence-electron chi connectivity index (χ0n) is 6.80. The molecule has 0 amide bonds. The number of carbonyl (C=O) groups is 2. The molecular formula is C9H6F2O2. The van der Waals surface area contributed by atoms with E-state index >= 15 is 0 Å². The second kappa shape index (κ2) is 3.43. The number of hydrogen-bond acceptors (Lipinski definition) is 2. The summed E-state index contributed by atoms with van der Waals surface area (Å²) in [4.78, 5) is 21.5. The van der Waals surface area contributed by atoms with E-state index in [2.05, 4.69) is 0 Å². The minimum atomic E-state index is -1.02. The molecule has 0 aromatic heterocycles. The van der Waals surface area contributed by atoms with E-state index < -0.39 is 28.8 Å². The monoisotopic (exact) mass is 184 g/mol. The third-order valence-electron chi connectivity index (χ3n) is 1.49. The van der Waals surface area contributed by atoms with Gasteiger partial charge in [0.1, 0.15) is 11.6 Å². The van der Waals surface area contributed by atoms with Gasteiger partial charge in [-0.2, -0.15) is 0 Å². The standard InChI is InChI=1S/C9H6F2O2/c1-5(12)9(13)7-4-6(10)2-3-8(7)11/h2-4H,1H3. The summed E-state index contributed by atoms with van der Waals surface area (Å²) < 4.78 is 25.4. The van der Waals surface area contributed by atoms with E-state index in [4.69, 9.17) is 0 Å². The van der Waals surface area contributed by atoms with Crippen LogP contribution in [0.25, 0.3) is 0 Å². The summed E-state index contributed by atoms with van der Waals surface area (Å²) in [6, 6.07) is 2.40. The minimum absolute atomic E-state index is 0.521. The summed E-state index contributed by atoms with van der Waals surface area (Å²) in [6.45, 7) is 1.01. The highest BCUT2D eigenvalue weighted by molar-refractivity contribution is 6.42. The van der Waals surface area contributed by atoms with Crippen molar-refractivity contribution in [2.75, 3.05) is 0 Å². The molecule has 0 aliphatic carbocycles. The molecule has 1 aromatic rings. The topological polar surface area (TPSA) is 34.1 Å². The van der Waals surface area contributed by atoms with Crippen molar-refractivity contribution in [3.8, 4) is 0 Å². The molecule has 0 unspecified atom stereocenters. The van der Waals surface area contributed by atoms with Crippen LogP contribution in [0.5, 0.6) is 0 Å². The van der Waals surface area contributed by atoms with Crippen molar-refractivity contribution in [2.45, 2.75) is 6.92 Å². The Morgan fingerprint density at radius 2 is 1.85 bits per heavy atom. The summed E-state index contributed by atoms with van der Waals surface area (Å²) in [5, 5.41) is 0. The molecule has 1 aromatic carbocycles. The maximum atomic E-state index is 12.8. The molecule has 1 rings (SSSR count). The zero-order chi connectivity index (χ0) is 10.0. The molecule has 0 aliphatic rings. The number of benzene rings is 1. The van der Waals surface area contributed by atoms with Crippen molar-refractivity contribution in [1.29, 1.82) is 0 Å². The number of ketones is 2. The SMILES string of the molecule is CC(=O)C(=O)c1cc(F)ccc1F. The summed E-state index contributed by atoms with van der Waals surface area (Å²) >= 11 is 0. The van der Waals surface area contributed by atoms with Gasteiger partial charge in [-0.05, 0) is 18.2 Å². The molecule has 0 fully saturated rings. The van der Waals surface area contributed by atoms with Gasteiger partial charge in [-0.25, -0.2) is 8.78 Å². The highest BCUT2D eigenvalue weighted by Gasteiger charge is 2.16. The van der Waals surface area contributed by atoms with Crippen LogP contribution in [0.4, 0.5) is 8.78 Å². The summed E-state index contributed by atoms with van der Waals surface area (Å²) in [5.41, 5.74) is -0.521. The first kappa shape index (κ1) is 9.51. The van der Waals surface area contributed by atoms with Crippen LogP contribution in [0.1, 0.15) is 17.3 Å². The van der Waals surface area contributed by atoms with Gasteiger partial charge in [-0.15, -0.1) is 0 Å². The Morgan fingerprint density at radius 1 is 1.23 bits per heavy atom. The van der Waals surface area contributed by atoms with Gasteiger partial charge < -0.3 is 0 Å². The second-order valence-corrected chi connectivity index (χ2v) is 2.51. The van der Waals surface area contributed by atoms with Crippen molar-refractivity contribution in [2.24, 2.45) is 0 Å². The van der Waals surface area contributed by atoms with Crippen LogP contribution in [-0.4, -0.2) is 11.6 Å². The smallest absolute Gasteiger partial charge is 0.231 e. The Morgan fingerprint density at radius 3 is 2.38 bits per heavy atom. The van der Waals surface area contributed by atoms with E-state index in [1.165, 1.54) is 0 Å². The predicted octanol–water partition coefficient (Wildman–Crippen LogP) is 1.74. The van der Waals surface area contributed by atoms with Crippen LogP contribution in [-0.2, 0) is 4.79 Å². The van der Waals surface area contributed by atoms with E-state index in [1.807, 2.05) is 0 Å². The lowest BCUT2D eigenvalue weighted by Crippen LogP contribution is -2.12. The summed E-state index contributed by atoms with van der Waals surface area (Å²) in [6.07, 6.45) is 0. The molecule has 2 nitrogen and oxygen atoms in total. The average Bonchev–Trinajstić information content (AvgIpc) is 2.08. The lowest BCUT2D eigenvalue weighted by molar-refractivity contribution is -0.113. The maximum absolute atomic E-state index is 12.8. The van der Waals surface area contributed by atoms with Crippen LogP contribution >= 0.6 is 0 Å². The second-order valence-electron chi connectivity index (χ2n) is 2.51. The van der Waals surface area contributed by atoms with Crippen LogP contribution < -0.4 is 0 Å². The number of hydrogen-bond donors (Lipinski definition) is 0. The number of carbonyl (C=O) groups excluding carboxylic acids is 2. The van der Waals surface area contributed by atoms with Crippen molar-refractivity contribution in [3.05, 3.63) is 35.4 Å².